The monoisotopic (exact) mass is 442 g/mol. The average Bonchev–Trinajstić information content (AvgIpc) is 2.89. The topological polar surface area (TPSA) is 95.9 Å². The maximum Gasteiger partial charge on any atom is 0.323 e. The van der Waals surface area contributed by atoms with Crippen molar-refractivity contribution in [3.05, 3.63) is 60.2 Å². The number of fused-ring (bicyclic) bond motifs is 1. The Labute approximate surface area is 185 Å². The lowest BCUT2D eigenvalue weighted by Crippen LogP contribution is -2.54. The second kappa shape index (κ2) is 11.0. The Balaban J connectivity index is 1.79. The minimum absolute atomic E-state index is 0.242. The summed E-state index contributed by atoms with van der Waals surface area (Å²) in [5.41, 5.74) is 1.65. The standard InChI is InChI=1S/C23H26N2O5S/c1-2-30-23(29)17(13-12-16-8-4-3-5-9-16)24-18-15-31-20-11-7-6-10-19(20)25(22(18)28)14-21(26)27/h3-11,17-18,24H,2,12-15H2,1H3,(H,26,27)/t17-,18-/m0/s1. The number of carbonyl (C=O) groups excluding carboxylic acids is 2. The van der Waals surface area contributed by atoms with Gasteiger partial charge in [0.15, 0.2) is 0 Å². The van der Waals surface area contributed by atoms with Gasteiger partial charge in [0.2, 0.25) is 5.91 Å². The summed E-state index contributed by atoms with van der Waals surface area (Å²) in [6.07, 6.45) is 1.10. The molecule has 0 aromatic heterocycles. The number of amides is 1. The molecule has 3 rings (SSSR count). The highest BCUT2D eigenvalue weighted by atomic mass is 32.2. The third kappa shape index (κ3) is 6.08. The number of ether oxygens (including phenoxy) is 1. The van der Waals surface area contributed by atoms with Crippen LogP contribution in [0.2, 0.25) is 0 Å². The maximum atomic E-state index is 13.3. The molecule has 1 aliphatic heterocycles. The van der Waals surface area contributed by atoms with E-state index in [4.69, 9.17) is 4.74 Å². The largest absolute Gasteiger partial charge is 0.480 e. The minimum atomic E-state index is -1.10. The number of esters is 1. The Morgan fingerprint density at radius 2 is 1.90 bits per heavy atom. The molecule has 7 nitrogen and oxygen atoms in total. The fraction of sp³-hybridized carbons (Fsp3) is 0.348. The molecule has 2 N–H and O–H groups in total. The molecule has 1 heterocycles. The highest BCUT2D eigenvalue weighted by Crippen LogP contribution is 2.34. The lowest BCUT2D eigenvalue weighted by atomic mass is 10.0. The number of carboxylic acid groups (broad SMARTS) is 1. The number of carboxylic acids is 1. The van der Waals surface area contributed by atoms with Gasteiger partial charge in [-0.2, -0.15) is 0 Å². The Hall–Kier alpha value is -2.84. The van der Waals surface area contributed by atoms with E-state index in [1.165, 1.54) is 16.7 Å². The summed E-state index contributed by atoms with van der Waals surface area (Å²) in [7, 11) is 0. The first-order chi connectivity index (χ1) is 15.0. The smallest absolute Gasteiger partial charge is 0.323 e. The number of hydrogen-bond donors (Lipinski definition) is 2. The Kier molecular flexibility index (Phi) is 8.08. The molecule has 31 heavy (non-hydrogen) atoms. The molecule has 8 heteroatoms. The molecule has 2 atom stereocenters. The Morgan fingerprint density at radius 3 is 2.61 bits per heavy atom. The van der Waals surface area contributed by atoms with Crippen molar-refractivity contribution in [3.63, 3.8) is 0 Å². The SMILES string of the molecule is CCOC(=O)[C@H](CCc1ccccc1)N[C@H]1CSc2ccccc2N(CC(=O)O)C1=O. The van der Waals surface area contributed by atoms with Gasteiger partial charge in [-0.25, -0.2) is 0 Å². The van der Waals surface area contributed by atoms with Crippen LogP contribution in [0.4, 0.5) is 5.69 Å². The fourth-order valence-electron chi connectivity index (χ4n) is 3.48. The molecule has 1 amide bonds. The molecule has 1 aliphatic rings. The number of aryl methyl sites for hydroxylation is 1. The van der Waals surface area contributed by atoms with Crippen LogP contribution in [-0.4, -0.2) is 53.9 Å². The van der Waals surface area contributed by atoms with Crippen molar-refractivity contribution < 1.29 is 24.2 Å². The number of anilines is 1. The van der Waals surface area contributed by atoms with Gasteiger partial charge in [0.25, 0.3) is 0 Å². The molecule has 0 unspecified atom stereocenters. The molecular weight excluding hydrogens is 416 g/mol. The summed E-state index contributed by atoms with van der Waals surface area (Å²) in [4.78, 5) is 39.4. The van der Waals surface area contributed by atoms with Gasteiger partial charge >= 0.3 is 11.9 Å². The number of hydrogen-bond acceptors (Lipinski definition) is 6. The normalized spacial score (nSPS) is 16.9. The predicted molar refractivity (Wildman–Crippen MR) is 119 cm³/mol. The predicted octanol–water partition coefficient (Wildman–Crippen LogP) is 2.73. The first-order valence-corrected chi connectivity index (χ1v) is 11.2. The van der Waals surface area contributed by atoms with E-state index in [0.29, 0.717) is 24.3 Å². The molecule has 0 spiro atoms. The van der Waals surface area contributed by atoms with Crippen LogP contribution in [-0.2, 0) is 25.5 Å². The third-order valence-electron chi connectivity index (χ3n) is 4.96. The summed E-state index contributed by atoms with van der Waals surface area (Å²) in [6.45, 7) is 1.54. The zero-order valence-electron chi connectivity index (χ0n) is 17.3. The quantitative estimate of drug-likeness (QED) is 0.577. The number of nitrogens with zero attached hydrogens (tertiary/aromatic N) is 1. The third-order valence-corrected chi connectivity index (χ3v) is 6.11. The molecule has 0 saturated carbocycles. The maximum absolute atomic E-state index is 13.3. The van der Waals surface area contributed by atoms with Crippen molar-refractivity contribution >= 4 is 35.3 Å². The molecule has 0 radical (unpaired) electrons. The van der Waals surface area contributed by atoms with Crippen LogP contribution in [0, 0.1) is 0 Å². The van der Waals surface area contributed by atoms with Crippen LogP contribution in [0.25, 0.3) is 0 Å². The van der Waals surface area contributed by atoms with E-state index in [-0.39, 0.29) is 12.5 Å². The number of para-hydroxylation sites is 1. The van der Waals surface area contributed by atoms with Crippen molar-refractivity contribution in [1.82, 2.24) is 5.32 Å². The molecule has 0 aliphatic carbocycles. The van der Waals surface area contributed by atoms with Crippen LogP contribution in [0.15, 0.2) is 59.5 Å². The van der Waals surface area contributed by atoms with Gasteiger partial charge < -0.3 is 9.84 Å². The average molecular weight is 443 g/mol. The van der Waals surface area contributed by atoms with E-state index >= 15 is 0 Å². The van der Waals surface area contributed by atoms with E-state index in [2.05, 4.69) is 5.32 Å². The van der Waals surface area contributed by atoms with Gasteiger partial charge in [-0.3, -0.25) is 24.6 Å². The summed E-state index contributed by atoms with van der Waals surface area (Å²) < 4.78 is 5.23. The second-order valence-corrected chi connectivity index (χ2v) is 8.21. The zero-order chi connectivity index (χ0) is 22.2. The molecule has 0 saturated heterocycles. The number of thioether (sulfide) groups is 1. The molecule has 164 valence electrons. The summed E-state index contributed by atoms with van der Waals surface area (Å²) >= 11 is 1.46. The molecule has 2 aromatic carbocycles. The molecule has 2 aromatic rings. The van der Waals surface area contributed by atoms with Crippen LogP contribution in [0.3, 0.4) is 0 Å². The number of nitrogens with one attached hydrogen (secondary N) is 1. The highest BCUT2D eigenvalue weighted by molar-refractivity contribution is 7.99. The molecule has 0 bridgehead atoms. The Bertz CT molecular complexity index is 921. The van der Waals surface area contributed by atoms with Crippen LogP contribution >= 0.6 is 11.8 Å². The highest BCUT2D eigenvalue weighted by Gasteiger charge is 2.34. The molecule has 0 fully saturated rings. The van der Waals surface area contributed by atoms with E-state index < -0.39 is 30.6 Å². The van der Waals surface area contributed by atoms with Gasteiger partial charge in [0, 0.05) is 10.6 Å². The number of aliphatic carboxylic acids is 1. The van der Waals surface area contributed by atoms with Gasteiger partial charge in [-0.1, -0.05) is 42.5 Å². The van der Waals surface area contributed by atoms with Crippen molar-refractivity contribution in [2.75, 3.05) is 23.8 Å². The number of benzene rings is 2. The summed E-state index contributed by atoms with van der Waals surface area (Å²) in [5, 5.41) is 12.5. The van der Waals surface area contributed by atoms with E-state index in [1.54, 1.807) is 19.1 Å². The van der Waals surface area contributed by atoms with Gasteiger partial charge in [-0.15, -0.1) is 11.8 Å². The van der Waals surface area contributed by atoms with Crippen molar-refractivity contribution in [2.24, 2.45) is 0 Å². The zero-order valence-corrected chi connectivity index (χ0v) is 18.1. The van der Waals surface area contributed by atoms with Gasteiger partial charge in [-0.05, 0) is 37.5 Å². The van der Waals surface area contributed by atoms with Crippen LogP contribution in [0.1, 0.15) is 18.9 Å². The van der Waals surface area contributed by atoms with Crippen molar-refractivity contribution in [1.29, 1.82) is 0 Å². The van der Waals surface area contributed by atoms with Crippen molar-refractivity contribution in [2.45, 2.75) is 36.7 Å². The van der Waals surface area contributed by atoms with E-state index in [9.17, 15) is 19.5 Å². The van der Waals surface area contributed by atoms with Gasteiger partial charge in [0.05, 0.1) is 18.3 Å². The number of carbonyl (C=O) groups is 3. The lowest BCUT2D eigenvalue weighted by Gasteiger charge is -2.27. The molecular formula is C23H26N2O5S. The van der Waals surface area contributed by atoms with Crippen molar-refractivity contribution in [3.8, 4) is 0 Å². The number of rotatable bonds is 9. The first-order valence-electron chi connectivity index (χ1n) is 10.2. The van der Waals surface area contributed by atoms with Gasteiger partial charge in [0.1, 0.15) is 12.6 Å². The van der Waals surface area contributed by atoms with E-state index in [0.717, 1.165) is 10.5 Å². The Morgan fingerprint density at radius 1 is 1.19 bits per heavy atom. The second-order valence-electron chi connectivity index (χ2n) is 7.15. The first kappa shape index (κ1) is 22.8. The summed E-state index contributed by atoms with van der Waals surface area (Å²) in [6, 6.07) is 15.6. The van der Waals surface area contributed by atoms with E-state index in [1.807, 2.05) is 42.5 Å². The lowest BCUT2D eigenvalue weighted by molar-refractivity contribution is -0.146. The van der Waals surface area contributed by atoms with Crippen LogP contribution in [0.5, 0.6) is 0 Å². The summed E-state index contributed by atoms with van der Waals surface area (Å²) in [5.74, 6) is -1.50. The fourth-order valence-corrected chi connectivity index (χ4v) is 4.57. The minimum Gasteiger partial charge on any atom is -0.480 e. The van der Waals surface area contributed by atoms with Crippen LogP contribution < -0.4 is 10.2 Å².